The molecule has 0 radical (unpaired) electrons. The normalized spacial score (nSPS) is 10.5. The lowest BCUT2D eigenvalue weighted by atomic mass is 10.2. The molecule has 0 saturated heterocycles. The SMILES string of the molecule is CNCCC(=O)Nc1ccc(C(=O)OC)cc1OCC(F)(F)F.Cl. The highest BCUT2D eigenvalue weighted by molar-refractivity contribution is 5.95. The van der Waals surface area contributed by atoms with E-state index in [0.29, 0.717) is 6.54 Å². The maximum Gasteiger partial charge on any atom is 0.422 e. The molecule has 10 heteroatoms. The van der Waals surface area contributed by atoms with Crippen molar-refractivity contribution in [3.05, 3.63) is 23.8 Å². The molecule has 1 rings (SSSR count). The van der Waals surface area contributed by atoms with E-state index in [-0.39, 0.29) is 35.8 Å². The van der Waals surface area contributed by atoms with E-state index in [4.69, 9.17) is 0 Å². The highest BCUT2D eigenvalue weighted by Gasteiger charge is 2.29. The highest BCUT2D eigenvalue weighted by Crippen LogP contribution is 2.28. The molecular formula is C14H18ClF3N2O4. The van der Waals surface area contributed by atoms with E-state index in [9.17, 15) is 22.8 Å². The number of carbonyl (C=O) groups is 2. The first-order chi connectivity index (χ1) is 10.8. The Balaban J connectivity index is 0.00000529. The third-order valence-corrected chi connectivity index (χ3v) is 2.67. The number of methoxy groups -OCH3 is 1. The van der Waals surface area contributed by atoms with Gasteiger partial charge in [0.2, 0.25) is 5.91 Å². The van der Waals surface area contributed by atoms with Crippen LogP contribution in [0.3, 0.4) is 0 Å². The second-order valence-corrected chi connectivity index (χ2v) is 4.51. The van der Waals surface area contributed by atoms with Gasteiger partial charge in [0.05, 0.1) is 18.4 Å². The van der Waals surface area contributed by atoms with Crippen LogP contribution in [0.5, 0.6) is 5.75 Å². The van der Waals surface area contributed by atoms with Gasteiger partial charge in [0.15, 0.2) is 6.61 Å². The number of anilines is 1. The highest BCUT2D eigenvalue weighted by atomic mass is 35.5. The summed E-state index contributed by atoms with van der Waals surface area (Å²) in [6.07, 6.45) is -4.41. The summed E-state index contributed by atoms with van der Waals surface area (Å²) in [5.74, 6) is -1.39. The average molecular weight is 371 g/mol. The molecule has 1 aromatic rings. The van der Waals surface area contributed by atoms with Gasteiger partial charge in [-0.05, 0) is 25.2 Å². The van der Waals surface area contributed by atoms with Crippen LogP contribution >= 0.6 is 12.4 Å². The Hall–Kier alpha value is -2.00. The number of carbonyl (C=O) groups excluding carboxylic acids is 2. The van der Waals surface area contributed by atoms with Crippen molar-refractivity contribution in [2.24, 2.45) is 0 Å². The zero-order valence-corrected chi connectivity index (χ0v) is 13.8. The van der Waals surface area contributed by atoms with Crippen LogP contribution in [0, 0.1) is 0 Å². The van der Waals surface area contributed by atoms with Gasteiger partial charge in [0.25, 0.3) is 0 Å². The number of esters is 1. The Morgan fingerprint density at radius 3 is 2.46 bits per heavy atom. The third-order valence-electron chi connectivity index (χ3n) is 2.67. The fraction of sp³-hybridized carbons (Fsp3) is 0.429. The van der Waals surface area contributed by atoms with Crippen LogP contribution < -0.4 is 15.4 Å². The summed E-state index contributed by atoms with van der Waals surface area (Å²) >= 11 is 0. The van der Waals surface area contributed by atoms with Crippen LogP contribution in [0.1, 0.15) is 16.8 Å². The summed E-state index contributed by atoms with van der Waals surface area (Å²) in [6, 6.07) is 3.69. The van der Waals surface area contributed by atoms with Crippen molar-refractivity contribution in [3.63, 3.8) is 0 Å². The summed E-state index contributed by atoms with van der Waals surface area (Å²) in [4.78, 5) is 23.1. The van der Waals surface area contributed by atoms with Gasteiger partial charge in [-0.1, -0.05) is 0 Å². The Bertz CT molecular complexity index is 567. The molecule has 0 aliphatic rings. The molecule has 6 nitrogen and oxygen atoms in total. The Kier molecular flexibility index (Phi) is 9.16. The number of hydrogen-bond acceptors (Lipinski definition) is 5. The number of benzene rings is 1. The van der Waals surface area contributed by atoms with Gasteiger partial charge < -0.3 is 20.1 Å². The lowest BCUT2D eigenvalue weighted by molar-refractivity contribution is -0.153. The van der Waals surface area contributed by atoms with Crippen LogP contribution in [0.4, 0.5) is 18.9 Å². The minimum Gasteiger partial charge on any atom is -0.482 e. The first-order valence-electron chi connectivity index (χ1n) is 6.63. The third kappa shape index (κ3) is 7.51. The zero-order valence-electron chi connectivity index (χ0n) is 13.0. The maximum absolute atomic E-state index is 12.3. The number of rotatable bonds is 7. The average Bonchev–Trinajstić information content (AvgIpc) is 2.50. The topological polar surface area (TPSA) is 76.7 Å². The van der Waals surface area contributed by atoms with Crippen LogP contribution in [0.25, 0.3) is 0 Å². The van der Waals surface area contributed by atoms with Crippen molar-refractivity contribution >= 4 is 30.0 Å². The minimum absolute atomic E-state index is 0. The minimum atomic E-state index is -4.55. The number of ether oxygens (including phenoxy) is 2. The lowest BCUT2D eigenvalue weighted by Crippen LogP contribution is -2.22. The molecule has 0 aliphatic carbocycles. The van der Waals surface area contributed by atoms with Gasteiger partial charge >= 0.3 is 12.1 Å². The monoisotopic (exact) mass is 370 g/mol. The van der Waals surface area contributed by atoms with E-state index in [1.807, 2.05) is 0 Å². The van der Waals surface area contributed by atoms with Crippen LogP contribution in [-0.4, -0.2) is 45.4 Å². The maximum atomic E-state index is 12.3. The molecule has 0 atom stereocenters. The molecule has 1 amide bonds. The summed E-state index contributed by atoms with van der Waals surface area (Å²) in [5, 5.41) is 5.22. The molecule has 0 spiro atoms. The number of amides is 1. The predicted octanol–water partition coefficient (Wildman–Crippen LogP) is 2.38. The molecule has 0 aliphatic heterocycles. The van der Waals surface area contributed by atoms with Gasteiger partial charge in [-0.25, -0.2) is 4.79 Å². The first kappa shape index (κ1) is 22.0. The standard InChI is InChI=1S/C14H17F3N2O4.ClH/c1-18-6-5-12(20)19-10-4-3-9(13(21)22-2)7-11(10)23-8-14(15,16)17;/h3-4,7,18H,5-6,8H2,1-2H3,(H,19,20);1H. The second-order valence-electron chi connectivity index (χ2n) is 4.51. The molecule has 0 saturated carbocycles. The molecule has 1 aromatic carbocycles. The Labute approximate surface area is 143 Å². The van der Waals surface area contributed by atoms with Crippen molar-refractivity contribution in [2.45, 2.75) is 12.6 Å². The van der Waals surface area contributed by atoms with Crippen molar-refractivity contribution in [3.8, 4) is 5.75 Å². The van der Waals surface area contributed by atoms with Crippen molar-refractivity contribution in [1.82, 2.24) is 5.32 Å². The molecule has 24 heavy (non-hydrogen) atoms. The quantitative estimate of drug-likeness (QED) is 0.721. The Morgan fingerprint density at radius 2 is 1.92 bits per heavy atom. The van der Waals surface area contributed by atoms with Gasteiger partial charge in [-0.3, -0.25) is 4.79 Å². The van der Waals surface area contributed by atoms with Gasteiger partial charge in [0.1, 0.15) is 5.75 Å². The predicted molar refractivity (Wildman–Crippen MR) is 83.8 cm³/mol. The lowest BCUT2D eigenvalue weighted by Gasteiger charge is -2.15. The molecule has 0 unspecified atom stereocenters. The number of nitrogens with one attached hydrogen (secondary N) is 2. The van der Waals surface area contributed by atoms with Gasteiger partial charge in [-0.2, -0.15) is 13.2 Å². The molecule has 0 bridgehead atoms. The molecule has 136 valence electrons. The molecule has 0 fully saturated rings. The summed E-state index contributed by atoms with van der Waals surface area (Å²) in [6.45, 7) is -1.14. The Morgan fingerprint density at radius 1 is 1.25 bits per heavy atom. The number of halogens is 4. The van der Waals surface area contributed by atoms with Gasteiger partial charge in [-0.15, -0.1) is 12.4 Å². The van der Waals surface area contributed by atoms with Crippen LogP contribution in [0.15, 0.2) is 18.2 Å². The van der Waals surface area contributed by atoms with Crippen molar-refractivity contribution < 1.29 is 32.2 Å². The summed E-state index contributed by atoms with van der Waals surface area (Å²) in [5.41, 5.74) is 0.0564. The summed E-state index contributed by atoms with van der Waals surface area (Å²) < 4.78 is 46.1. The van der Waals surface area contributed by atoms with Crippen molar-refractivity contribution in [2.75, 3.05) is 32.6 Å². The first-order valence-corrected chi connectivity index (χ1v) is 6.63. The van der Waals surface area contributed by atoms with Crippen molar-refractivity contribution in [1.29, 1.82) is 0 Å². The van der Waals surface area contributed by atoms with Crippen LogP contribution in [-0.2, 0) is 9.53 Å². The van der Waals surface area contributed by atoms with E-state index >= 15 is 0 Å². The zero-order chi connectivity index (χ0) is 17.5. The molecule has 0 aromatic heterocycles. The van der Waals surface area contributed by atoms with E-state index in [0.717, 1.165) is 13.2 Å². The van der Waals surface area contributed by atoms with E-state index in [1.54, 1.807) is 7.05 Å². The summed E-state index contributed by atoms with van der Waals surface area (Å²) in [7, 11) is 2.81. The molecule has 2 N–H and O–H groups in total. The van der Waals surface area contributed by atoms with Gasteiger partial charge in [0, 0.05) is 13.0 Å². The van der Waals surface area contributed by atoms with E-state index in [2.05, 4.69) is 20.1 Å². The fourth-order valence-corrected chi connectivity index (χ4v) is 1.60. The molecular weight excluding hydrogens is 353 g/mol. The molecule has 0 heterocycles. The van der Waals surface area contributed by atoms with Crippen LogP contribution in [0.2, 0.25) is 0 Å². The fourth-order valence-electron chi connectivity index (χ4n) is 1.60. The largest absolute Gasteiger partial charge is 0.482 e. The smallest absolute Gasteiger partial charge is 0.422 e. The number of hydrogen-bond donors (Lipinski definition) is 2. The second kappa shape index (κ2) is 9.99. The number of alkyl halides is 3. The van der Waals surface area contributed by atoms with E-state index < -0.39 is 24.7 Å². The van der Waals surface area contributed by atoms with E-state index in [1.165, 1.54) is 12.1 Å².